The second-order valence-electron chi connectivity index (χ2n) is 13.0. The number of rotatable bonds is 11. The van der Waals surface area contributed by atoms with Gasteiger partial charge in [0, 0.05) is 46.2 Å². The van der Waals surface area contributed by atoms with Crippen molar-refractivity contribution in [1.82, 2.24) is 30.3 Å². The maximum atomic E-state index is 13.4. The van der Waals surface area contributed by atoms with E-state index in [1.54, 1.807) is 29.5 Å². The number of halogens is 1. The van der Waals surface area contributed by atoms with E-state index in [2.05, 4.69) is 40.0 Å². The van der Waals surface area contributed by atoms with Crippen LogP contribution in [-0.4, -0.2) is 87.3 Å². The fraction of sp³-hybridized carbons (Fsp3) is 0.351. The maximum absolute atomic E-state index is 13.4. The molecule has 3 aliphatic heterocycles. The molecule has 14 nitrogen and oxygen atoms in total. The van der Waals surface area contributed by atoms with Crippen LogP contribution >= 0.6 is 22.9 Å². The summed E-state index contributed by atoms with van der Waals surface area (Å²) in [6.07, 6.45) is 0.801. The number of ether oxygens (including phenoxy) is 1. The van der Waals surface area contributed by atoms with Crippen LogP contribution in [0.2, 0.25) is 5.02 Å². The van der Waals surface area contributed by atoms with Gasteiger partial charge < -0.3 is 15.4 Å². The number of carbonyl (C=O) groups is 5. The lowest BCUT2D eigenvalue weighted by Crippen LogP contribution is -2.49. The topological polar surface area (TPSA) is 177 Å². The predicted molar refractivity (Wildman–Crippen MR) is 198 cm³/mol. The Morgan fingerprint density at radius 3 is 2.57 bits per heavy atom. The number of nitrogens with one attached hydrogen (secondary N) is 3. The molecule has 274 valence electrons. The molecule has 16 heteroatoms. The van der Waals surface area contributed by atoms with E-state index in [0.717, 1.165) is 37.2 Å². The zero-order valence-electron chi connectivity index (χ0n) is 29.3. The lowest BCUT2D eigenvalue weighted by Gasteiger charge is -2.23. The Balaban J connectivity index is 0.948. The predicted octanol–water partition coefficient (Wildman–Crippen LogP) is 4.23. The van der Waals surface area contributed by atoms with Crippen molar-refractivity contribution in [2.75, 3.05) is 31.6 Å². The van der Waals surface area contributed by atoms with E-state index in [1.807, 2.05) is 35.8 Å². The van der Waals surface area contributed by atoms with Gasteiger partial charge in [0.25, 0.3) is 11.8 Å². The molecule has 2 aromatic heterocycles. The van der Waals surface area contributed by atoms with Gasteiger partial charge in [-0.05, 0) is 63.4 Å². The molecule has 1 fully saturated rings. The molecule has 0 saturated carbocycles. The molecule has 0 spiro atoms. The fourth-order valence-corrected chi connectivity index (χ4v) is 8.19. The number of carbonyl (C=O) groups excluding carboxylic acids is 5. The van der Waals surface area contributed by atoms with Crippen molar-refractivity contribution in [2.24, 2.45) is 4.99 Å². The van der Waals surface area contributed by atoms with Gasteiger partial charge in [-0.15, -0.1) is 21.5 Å². The molecule has 0 unspecified atom stereocenters. The van der Waals surface area contributed by atoms with Crippen LogP contribution in [-0.2, 0) is 19.1 Å². The van der Waals surface area contributed by atoms with Gasteiger partial charge in [-0.1, -0.05) is 29.8 Å². The Bertz CT molecular complexity index is 2180. The van der Waals surface area contributed by atoms with Crippen LogP contribution in [0.5, 0.6) is 0 Å². The van der Waals surface area contributed by atoms with Crippen LogP contribution in [0, 0.1) is 20.8 Å². The molecule has 0 bridgehead atoms. The zero-order chi connectivity index (χ0) is 37.4. The molecule has 3 aliphatic rings. The SMILES string of the molecule is Cc1sc2c(c1C)C(c1ccc(Cl)cc1)=N[C@@H](CC(=O)NCCOCCNc1cccc3c1C(=O)N([C@H]1CCCC(=O)NC1=O)C3=O)c1nnc(C)n1-2. The number of benzene rings is 2. The van der Waals surface area contributed by atoms with E-state index < -0.39 is 35.7 Å². The smallest absolute Gasteiger partial charge is 0.264 e. The summed E-state index contributed by atoms with van der Waals surface area (Å²) in [7, 11) is 0. The Kier molecular flexibility index (Phi) is 10.2. The van der Waals surface area contributed by atoms with E-state index in [-0.39, 0.29) is 56.1 Å². The molecule has 0 radical (unpaired) electrons. The van der Waals surface area contributed by atoms with E-state index in [1.165, 1.54) is 0 Å². The maximum Gasteiger partial charge on any atom is 0.264 e. The summed E-state index contributed by atoms with van der Waals surface area (Å²) in [4.78, 5) is 71.6. The number of anilines is 1. The van der Waals surface area contributed by atoms with Crippen molar-refractivity contribution < 1.29 is 28.7 Å². The van der Waals surface area contributed by atoms with Gasteiger partial charge in [0.2, 0.25) is 17.7 Å². The molecule has 5 heterocycles. The number of imide groups is 2. The number of nitrogens with zero attached hydrogens (tertiary/aromatic N) is 5. The van der Waals surface area contributed by atoms with E-state index in [0.29, 0.717) is 35.3 Å². The number of aromatic nitrogens is 3. The van der Waals surface area contributed by atoms with Gasteiger partial charge in [-0.25, -0.2) is 0 Å². The number of hydrogen-bond donors (Lipinski definition) is 3. The van der Waals surface area contributed by atoms with E-state index in [9.17, 15) is 24.0 Å². The van der Waals surface area contributed by atoms with Crippen molar-refractivity contribution >= 4 is 63.9 Å². The molecule has 2 atom stereocenters. The number of aliphatic imine (C=N–C) groups is 1. The van der Waals surface area contributed by atoms with Crippen LogP contribution in [0.15, 0.2) is 47.5 Å². The first-order valence-electron chi connectivity index (χ1n) is 17.3. The molecule has 53 heavy (non-hydrogen) atoms. The summed E-state index contributed by atoms with van der Waals surface area (Å²) < 4.78 is 7.75. The van der Waals surface area contributed by atoms with Crippen molar-refractivity contribution in [3.05, 3.63) is 91.8 Å². The average molecular weight is 757 g/mol. The first-order valence-corrected chi connectivity index (χ1v) is 18.5. The highest BCUT2D eigenvalue weighted by Crippen LogP contribution is 2.39. The first kappa shape index (κ1) is 36.1. The van der Waals surface area contributed by atoms with Gasteiger partial charge in [-0.2, -0.15) is 0 Å². The summed E-state index contributed by atoms with van der Waals surface area (Å²) in [5.41, 5.74) is 4.57. The second-order valence-corrected chi connectivity index (χ2v) is 14.7. The van der Waals surface area contributed by atoms with Crippen LogP contribution in [0.4, 0.5) is 5.69 Å². The third kappa shape index (κ3) is 6.99. The monoisotopic (exact) mass is 756 g/mol. The van der Waals surface area contributed by atoms with Gasteiger partial charge in [-0.3, -0.25) is 43.7 Å². The van der Waals surface area contributed by atoms with Gasteiger partial charge in [0.1, 0.15) is 22.9 Å². The zero-order valence-corrected chi connectivity index (χ0v) is 30.9. The van der Waals surface area contributed by atoms with Gasteiger partial charge in [0.05, 0.1) is 36.5 Å². The van der Waals surface area contributed by atoms with Crippen LogP contribution < -0.4 is 16.0 Å². The van der Waals surface area contributed by atoms with E-state index >= 15 is 0 Å². The highest BCUT2D eigenvalue weighted by molar-refractivity contribution is 7.15. The van der Waals surface area contributed by atoms with Crippen LogP contribution in [0.25, 0.3) is 5.00 Å². The molecule has 2 aromatic carbocycles. The van der Waals surface area contributed by atoms with Crippen molar-refractivity contribution in [2.45, 2.75) is 58.5 Å². The average Bonchev–Trinajstić information content (AvgIpc) is 3.65. The van der Waals surface area contributed by atoms with E-state index in [4.69, 9.17) is 21.3 Å². The molecule has 4 aromatic rings. The summed E-state index contributed by atoms with van der Waals surface area (Å²) >= 11 is 7.85. The minimum Gasteiger partial charge on any atom is -0.382 e. The summed E-state index contributed by atoms with van der Waals surface area (Å²) in [5.74, 6) is -1.14. The molecule has 5 amide bonds. The quantitative estimate of drug-likeness (QED) is 0.149. The molecule has 3 N–H and O–H groups in total. The van der Waals surface area contributed by atoms with Crippen LogP contribution in [0.3, 0.4) is 0 Å². The third-order valence-corrected chi connectivity index (χ3v) is 11.0. The number of fused-ring (bicyclic) bond motifs is 4. The fourth-order valence-electron chi connectivity index (χ4n) is 6.85. The minimum absolute atomic E-state index is 0.0471. The number of hydrogen-bond acceptors (Lipinski definition) is 11. The van der Waals surface area contributed by atoms with Crippen molar-refractivity contribution in [3.63, 3.8) is 0 Å². The third-order valence-electron chi connectivity index (χ3n) is 9.57. The Hall–Kier alpha value is -5.25. The number of thiophene rings is 1. The van der Waals surface area contributed by atoms with Crippen molar-refractivity contribution in [1.29, 1.82) is 0 Å². The summed E-state index contributed by atoms with van der Waals surface area (Å²) in [5, 5.41) is 18.7. The van der Waals surface area contributed by atoms with Gasteiger partial charge >= 0.3 is 0 Å². The summed E-state index contributed by atoms with van der Waals surface area (Å²) in [6, 6.07) is 10.8. The molecular weight excluding hydrogens is 720 g/mol. The van der Waals surface area contributed by atoms with Crippen LogP contribution in [0.1, 0.15) is 85.7 Å². The lowest BCUT2D eigenvalue weighted by molar-refractivity contribution is -0.131. The molecule has 0 aliphatic carbocycles. The number of aryl methyl sites for hydroxylation is 2. The Morgan fingerprint density at radius 1 is 1.00 bits per heavy atom. The number of amides is 5. The minimum atomic E-state index is -1.05. The first-order chi connectivity index (χ1) is 25.5. The molecule has 7 rings (SSSR count). The standard InChI is InChI=1S/C37H37ClN8O6S/c1-19-20(2)53-37-30(19)32(22-10-12-23(38)13-11-22)41-26(33-44-43-21(3)45(33)37)18-29(48)40-15-17-52-16-14-39-25-7-4-6-24-31(25)36(51)46(35(24)50)27-8-5-9-28(47)42-34(27)49/h4,6-7,10-13,26-27,39H,5,8-9,14-18H2,1-3H3,(H,40,48)(H,42,47,49)/t26-,27-/m0/s1. The largest absolute Gasteiger partial charge is 0.382 e. The van der Waals surface area contributed by atoms with Gasteiger partial charge in [0.15, 0.2) is 5.82 Å². The lowest BCUT2D eigenvalue weighted by atomic mass is 9.99. The Morgan fingerprint density at radius 2 is 1.77 bits per heavy atom. The molecular formula is C37H37ClN8O6S. The highest BCUT2D eigenvalue weighted by Gasteiger charge is 2.45. The Labute approximate surface area is 314 Å². The summed E-state index contributed by atoms with van der Waals surface area (Å²) in [6.45, 7) is 7.09. The molecule has 1 saturated heterocycles. The second kappa shape index (κ2) is 15.0. The highest BCUT2D eigenvalue weighted by atomic mass is 35.5. The van der Waals surface area contributed by atoms with Crippen molar-refractivity contribution in [3.8, 4) is 5.00 Å². The normalized spacial score (nSPS) is 18.1.